The van der Waals surface area contributed by atoms with Crippen LogP contribution in [-0.4, -0.2) is 56.7 Å². The van der Waals surface area contributed by atoms with Crippen molar-refractivity contribution in [3.63, 3.8) is 0 Å². The summed E-state index contributed by atoms with van der Waals surface area (Å²) in [5.74, 6) is -0.0762. The number of hydrogen-bond donors (Lipinski definition) is 1. The lowest BCUT2D eigenvalue weighted by atomic mass is 9.80. The van der Waals surface area contributed by atoms with Gasteiger partial charge >= 0.3 is 6.03 Å². The standard InChI is InChI=1S/C23H27N3O3/c1-25(2)22(28)26-15-23(18-10-6-7-11-19(18)26)14-20(29-16-23)21(27)24-13-12-17-8-4-3-5-9-17/h3-11,20H,12-16H2,1-2H3,(H,24,27). The van der Waals surface area contributed by atoms with Crippen LogP contribution < -0.4 is 10.2 Å². The summed E-state index contributed by atoms with van der Waals surface area (Å²) in [4.78, 5) is 28.7. The average Bonchev–Trinajstić information content (AvgIpc) is 3.31. The maximum absolute atomic E-state index is 12.7. The van der Waals surface area contributed by atoms with Crippen LogP contribution in [0.25, 0.3) is 0 Å². The number of nitrogens with one attached hydrogen (secondary N) is 1. The van der Waals surface area contributed by atoms with Gasteiger partial charge in [0, 0.05) is 38.3 Å². The van der Waals surface area contributed by atoms with Gasteiger partial charge in [0.15, 0.2) is 0 Å². The summed E-state index contributed by atoms with van der Waals surface area (Å²) in [6.45, 7) is 1.56. The van der Waals surface area contributed by atoms with E-state index < -0.39 is 6.10 Å². The van der Waals surface area contributed by atoms with Crippen LogP contribution in [0.1, 0.15) is 17.5 Å². The Balaban J connectivity index is 1.43. The van der Waals surface area contributed by atoms with Crippen molar-refractivity contribution in [3.8, 4) is 0 Å². The SMILES string of the molecule is CN(C)C(=O)N1CC2(COC(C(=O)NCCc3ccccc3)C2)c2ccccc21. The molecule has 2 aromatic rings. The Labute approximate surface area is 171 Å². The molecule has 0 saturated carbocycles. The van der Waals surface area contributed by atoms with E-state index in [2.05, 4.69) is 23.5 Å². The number of ether oxygens (including phenoxy) is 1. The summed E-state index contributed by atoms with van der Waals surface area (Å²) in [5.41, 5.74) is 2.87. The monoisotopic (exact) mass is 393 g/mol. The largest absolute Gasteiger partial charge is 0.367 e. The summed E-state index contributed by atoms with van der Waals surface area (Å²) in [6, 6.07) is 18.0. The van der Waals surface area contributed by atoms with Crippen LogP contribution in [0.15, 0.2) is 54.6 Å². The van der Waals surface area contributed by atoms with Crippen LogP contribution in [0.2, 0.25) is 0 Å². The average molecular weight is 393 g/mol. The van der Waals surface area contributed by atoms with Gasteiger partial charge in [-0.2, -0.15) is 0 Å². The summed E-state index contributed by atoms with van der Waals surface area (Å²) in [7, 11) is 3.51. The molecule has 0 aromatic heterocycles. The minimum atomic E-state index is -0.492. The highest BCUT2D eigenvalue weighted by molar-refractivity contribution is 5.95. The third-order valence-electron chi connectivity index (χ3n) is 5.83. The lowest BCUT2D eigenvalue weighted by molar-refractivity contribution is -0.129. The highest BCUT2D eigenvalue weighted by atomic mass is 16.5. The molecule has 2 heterocycles. The topological polar surface area (TPSA) is 61.9 Å². The number of anilines is 1. The molecule has 152 valence electrons. The van der Waals surface area contributed by atoms with Gasteiger partial charge in [0.05, 0.1) is 6.61 Å². The second-order valence-corrected chi connectivity index (χ2v) is 8.09. The Kier molecular flexibility index (Phi) is 5.28. The molecule has 1 saturated heterocycles. The van der Waals surface area contributed by atoms with Crippen molar-refractivity contribution in [2.75, 3.05) is 38.7 Å². The molecule has 2 aromatic carbocycles. The number of urea groups is 1. The maximum Gasteiger partial charge on any atom is 0.323 e. The molecule has 2 atom stereocenters. The third kappa shape index (κ3) is 3.72. The molecule has 6 heteroatoms. The zero-order chi connectivity index (χ0) is 20.4. The van der Waals surface area contributed by atoms with E-state index in [4.69, 9.17) is 4.74 Å². The molecule has 29 heavy (non-hydrogen) atoms. The van der Waals surface area contributed by atoms with Gasteiger partial charge in [-0.25, -0.2) is 4.79 Å². The molecular formula is C23H27N3O3. The lowest BCUT2D eigenvalue weighted by Crippen LogP contribution is -2.43. The van der Waals surface area contributed by atoms with Gasteiger partial charge in [-0.1, -0.05) is 48.5 Å². The number of carbonyl (C=O) groups is 2. The van der Waals surface area contributed by atoms with E-state index in [0.717, 1.165) is 17.7 Å². The molecule has 0 radical (unpaired) electrons. The van der Waals surface area contributed by atoms with Crippen LogP contribution >= 0.6 is 0 Å². The van der Waals surface area contributed by atoms with E-state index in [1.807, 2.05) is 36.4 Å². The van der Waals surface area contributed by atoms with Crippen molar-refractivity contribution in [2.24, 2.45) is 0 Å². The van der Waals surface area contributed by atoms with Crippen molar-refractivity contribution in [1.29, 1.82) is 0 Å². The van der Waals surface area contributed by atoms with Gasteiger partial charge in [0.1, 0.15) is 6.10 Å². The second kappa shape index (κ2) is 7.87. The van der Waals surface area contributed by atoms with E-state index in [1.165, 1.54) is 5.56 Å². The number of nitrogens with zero attached hydrogens (tertiary/aromatic N) is 2. The third-order valence-corrected chi connectivity index (χ3v) is 5.83. The fraction of sp³-hybridized carbons (Fsp3) is 0.391. The molecule has 2 unspecified atom stereocenters. The molecule has 6 nitrogen and oxygen atoms in total. The van der Waals surface area contributed by atoms with Crippen LogP contribution in [-0.2, 0) is 21.4 Å². The number of benzene rings is 2. The Morgan fingerprint density at radius 2 is 1.86 bits per heavy atom. The van der Waals surface area contributed by atoms with Crippen LogP contribution in [0.3, 0.4) is 0 Å². The fourth-order valence-corrected chi connectivity index (χ4v) is 4.33. The Morgan fingerprint density at radius 1 is 1.14 bits per heavy atom. The fourth-order valence-electron chi connectivity index (χ4n) is 4.33. The highest BCUT2D eigenvalue weighted by Gasteiger charge is 2.51. The van der Waals surface area contributed by atoms with E-state index in [1.54, 1.807) is 23.9 Å². The quantitative estimate of drug-likeness (QED) is 0.869. The van der Waals surface area contributed by atoms with E-state index in [0.29, 0.717) is 26.1 Å². The second-order valence-electron chi connectivity index (χ2n) is 8.09. The van der Waals surface area contributed by atoms with Crippen molar-refractivity contribution >= 4 is 17.6 Å². The molecule has 2 aliphatic rings. The summed E-state index contributed by atoms with van der Waals surface area (Å²) in [6.07, 6.45) is 0.879. The minimum Gasteiger partial charge on any atom is -0.367 e. The van der Waals surface area contributed by atoms with Gasteiger partial charge in [-0.15, -0.1) is 0 Å². The number of para-hydroxylation sites is 1. The molecule has 0 bridgehead atoms. The van der Waals surface area contributed by atoms with Gasteiger partial charge < -0.3 is 15.0 Å². The van der Waals surface area contributed by atoms with Gasteiger partial charge in [-0.05, 0) is 30.0 Å². The Morgan fingerprint density at radius 3 is 2.62 bits per heavy atom. The Hall–Kier alpha value is -2.86. The number of fused-ring (bicyclic) bond motifs is 2. The number of carbonyl (C=O) groups excluding carboxylic acids is 2. The summed E-state index contributed by atoms with van der Waals surface area (Å²) in [5, 5.41) is 3.00. The van der Waals surface area contributed by atoms with E-state index >= 15 is 0 Å². The van der Waals surface area contributed by atoms with Gasteiger partial charge in [0.25, 0.3) is 0 Å². The molecular weight excluding hydrogens is 366 g/mol. The molecule has 4 rings (SSSR count). The molecule has 0 aliphatic carbocycles. The first kappa shape index (κ1) is 19.5. The molecule has 1 spiro atoms. The predicted octanol–water partition coefficient (Wildman–Crippen LogP) is 2.57. The molecule has 1 N–H and O–H groups in total. The lowest BCUT2D eigenvalue weighted by Gasteiger charge is -2.25. The highest BCUT2D eigenvalue weighted by Crippen LogP contribution is 2.47. The zero-order valence-corrected chi connectivity index (χ0v) is 16.9. The van der Waals surface area contributed by atoms with Crippen molar-refractivity contribution in [3.05, 3.63) is 65.7 Å². The number of amides is 3. The van der Waals surface area contributed by atoms with Crippen LogP contribution in [0, 0.1) is 0 Å². The summed E-state index contributed by atoms with van der Waals surface area (Å²) >= 11 is 0. The van der Waals surface area contributed by atoms with Gasteiger partial charge in [0.2, 0.25) is 5.91 Å². The molecule has 1 fully saturated rings. The maximum atomic E-state index is 12.7. The predicted molar refractivity (Wildman–Crippen MR) is 112 cm³/mol. The number of hydrogen-bond acceptors (Lipinski definition) is 3. The smallest absolute Gasteiger partial charge is 0.323 e. The summed E-state index contributed by atoms with van der Waals surface area (Å²) < 4.78 is 5.94. The molecule has 3 amide bonds. The minimum absolute atomic E-state index is 0.0508. The normalized spacial score (nSPS) is 22.6. The van der Waals surface area contributed by atoms with Crippen LogP contribution in [0.4, 0.5) is 10.5 Å². The molecule has 2 aliphatic heterocycles. The van der Waals surface area contributed by atoms with Gasteiger partial charge in [-0.3, -0.25) is 9.69 Å². The van der Waals surface area contributed by atoms with Crippen molar-refractivity contribution < 1.29 is 14.3 Å². The Bertz CT molecular complexity index is 899. The first-order chi connectivity index (χ1) is 14.0. The first-order valence-electron chi connectivity index (χ1n) is 10.0. The van der Waals surface area contributed by atoms with Crippen LogP contribution in [0.5, 0.6) is 0 Å². The van der Waals surface area contributed by atoms with E-state index in [9.17, 15) is 9.59 Å². The zero-order valence-electron chi connectivity index (χ0n) is 16.9. The number of rotatable bonds is 4. The first-order valence-corrected chi connectivity index (χ1v) is 10.0. The van der Waals surface area contributed by atoms with Crippen molar-refractivity contribution in [2.45, 2.75) is 24.4 Å². The van der Waals surface area contributed by atoms with E-state index in [-0.39, 0.29) is 17.4 Å². The van der Waals surface area contributed by atoms with Crippen molar-refractivity contribution in [1.82, 2.24) is 10.2 Å².